The number of benzene rings is 1. The zero-order chi connectivity index (χ0) is 14.3. The third-order valence-corrected chi connectivity index (χ3v) is 5.18. The molecule has 0 spiro atoms. The van der Waals surface area contributed by atoms with Gasteiger partial charge in [-0.3, -0.25) is 4.90 Å². The van der Waals surface area contributed by atoms with Crippen LogP contribution in [0.25, 0.3) is 0 Å². The van der Waals surface area contributed by atoms with Gasteiger partial charge in [0.25, 0.3) is 0 Å². The van der Waals surface area contributed by atoms with Crippen molar-refractivity contribution in [2.45, 2.75) is 51.1 Å². The molecular formula is C16H20F3N. The molecule has 1 nitrogen and oxygen atoms in total. The lowest BCUT2D eigenvalue weighted by Gasteiger charge is -2.30. The van der Waals surface area contributed by atoms with E-state index in [9.17, 15) is 13.2 Å². The van der Waals surface area contributed by atoms with Crippen molar-refractivity contribution in [3.8, 4) is 0 Å². The van der Waals surface area contributed by atoms with Gasteiger partial charge in [-0.15, -0.1) is 0 Å². The van der Waals surface area contributed by atoms with Crippen LogP contribution in [0.2, 0.25) is 0 Å². The molecule has 0 amide bonds. The third-order valence-electron chi connectivity index (χ3n) is 5.18. The molecule has 0 aromatic heterocycles. The Labute approximate surface area is 117 Å². The van der Waals surface area contributed by atoms with Gasteiger partial charge in [0.15, 0.2) is 0 Å². The van der Waals surface area contributed by atoms with Gasteiger partial charge < -0.3 is 0 Å². The van der Waals surface area contributed by atoms with E-state index in [1.165, 1.54) is 6.07 Å². The van der Waals surface area contributed by atoms with Crippen LogP contribution in [0.15, 0.2) is 24.3 Å². The second kappa shape index (κ2) is 5.06. The highest BCUT2D eigenvalue weighted by Gasteiger charge is 2.52. The van der Waals surface area contributed by atoms with Gasteiger partial charge in [-0.2, -0.15) is 0 Å². The first kappa shape index (κ1) is 13.9. The van der Waals surface area contributed by atoms with Crippen LogP contribution >= 0.6 is 0 Å². The number of alkyl halides is 2. The maximum Gasteiger partial charge on any atom is 0.245 e. The first-order valence-corrected chi connectivity index (χ1v) is 7.35. The van der Waals surface area contributed by atoms with Gasteiger partial charge in [-0.25, -0.2) is 13.2 Å². The number of halogens is 3. The molecule has 2 saturated heterocycles. The van der Waals surface area contributed by atoms with Gasteiger partial charge in [0.1, 0.15) is 5.82 Å². The Hall–Kier alpha value is -1.03. The molecule has 4 heteroatoms. The number of nitrogens with zero attached hydrogens (tertiary/aromatic N) is 1. The van der Waals surface area contributed by atoms with E-state index in [1.54, 1.807) is 12.1 Å². The van der Waals surface area contributed by atoms with Gasteiger partial charge in [0.05, 0.1) is 0 Å². The molecule has 110 valence electrons. The second-order valence-corrected chi connectivity index (χ2v) is 6.20. The van der Waals surface area contributed by atoms with Crippen molar-refractivity contribution in [3.05, 3.63) is 35.6 Å². The Kier molecular flexibility index (Phi) is 3.53. The summed E-state index contributed by atoms with van der Waals surface area (Å²) < 4.78 is 40.2. The topological polar surface area (TPSA) is 3.24 Å². The summed E-state index contributed by atoms with van der Waals surface area (Å²) in [5.74, 6) is -0.249. The van der Waals surface area contributed by atoms with E-state index in [0.717, 1.165) is 18.4 Å². The van der Waals surface area contributed by atoms with Gasteiger partial charge in [-0.05, 0) is 43.4 Å². The summed E-state index contributed by atoms with van der Waals surface area (Å²) >= 11 is 0. The van der Waals surface area contributed by atoms with Gasteiger partial charge >= 0.3 is 0 Å². The minimum absolute atomic E-state index is 0.0999. The maximum absolute atomic E-state index is 13.4. The highest BCUT2D eigenvalue weighted by molar-refractivity contribution is 5.23. The molecule has 2 heterocycles. The fraction of sp³-hybridized carbons (Fsp3) is 0.625. The average Bonchev–Trinajstić information content (AvgIpc) is 2.95. The molecule has 0 saturated carbocycles. The van der Waals surface area contributed by atoms with Crippen LogP contribution in [-0.4, -0.2) is 23.9 Å². The van der Waals surface area contributed by atoms with E-state index < -0.39 is 11.8 Å². The van der Waals surface area contributed by atoms with Crippen molar-refractivity contribution in [2.75, 3.05) is 6.54 Å². The number of rotatable bonds is 3. The van der Waals surface area contributed by atoms with Crippen molar-refractivity contribution in [1.29, 1.82) is 0 Å². The van der Waals surface area contributed by atoms with E-state index in [4.69, 9.17) is 0 Å². The third kappa shape index (κ3) is 2.14. The van der Waals surface area contributed by atoms with Crippen molar-refractivity contribution in [2.24, 2.45) is 5.41 Å². The van der Waals surface area contributed by atoms with E-state index in [-0.39, 0.29) is 17.9 Å². The molecule has 0 radical (unpaired) electrons. The molecule has 2 aliphatic heterocycles. The van der Waals surface area contributed by atoms with Crippen molar-refractivity contribution in [1.82, 2.24) is 4.90 Å². The van der Waals surface area contributed by atoms with Crippen LogP contribution in [0.5, 0.6) is 0 Å². The Bertz CT molecular complexity index is 490. The average molecular weight is 283 g/mol. The molecular weight excluding hydrogens is 263 g/mol. The summed E-state index contributed by atoms with van der Waals surface area (Å²) in [6, 6.07) is 6.91. The van der Waals surface area contributed by atoms with Crippen LogP contribution in [0.1, 0.15) is 44.2 Å². The largest absolute Gasteiger partial charge is 0.293 e. The SMILES string of the molecule is CC[C@]1(C(F)F)C[C@@H]2CC[C@@H](c3cccc(F)c3)N2C1. The van der Waals surface area contributed by atoms with Gasteiger partial charge in [0.2, 0.25) is 6.43 Å². The first-order valence-electron chi connectivity index (χ1n) is 7.35. The molecule has 0 aliphatic carbocycles. The maximum atomic E-state index is 13.4. The second-order valence-electron chi connectivity index (χ2n) is 6.20. The summed E-state index contributed by atoms with van der Waals surface area (Å²) in [5.41, 5.74) is 0.0603. The Balaban J connectivity index is 1.84. The van der Waals surface area contributed by atoms with E-state index in [0.29, 0.717) is 19.4 Å². The van der Waals surface area contributed by atoms with Crippen LogP contribution < -0.4 is 0 Å². The molecule has 0 bridgehead atoms. The number of hydrogen-bond acceptors (Lipinski definition) is 1. The summed E-state index contributed by atoms with van der Waals surface area (Å²) in [4.78, 5) is 2.18. The lowest BCUT2D eigenvalue weighted by molar-refractivity contribution is -0.00529. The Morgan fingerprint density at radius 2 is 2.15 bits per heavy atom. The predicted molar refractivity (Wildman–Crippen MR) is 72.2 cm³/mol. The van der Waals surface area contributed by atoms with E-state index in [2.05, 4.69) is 4.90 Å². The van der Waals surface area contributed by atoms with Crippen molar-refractivity contribution in [3.63, 3.8) is 0 Å². The molecule has 1 aromatic rings. The summed E-state index contributed by atoms with van der Waals surface area (Å²) in [6.45, 7) is 2.29. The molecule has 2 aliphatic rings. The van der Waals surface area contributed by atoms with Crippen LogP contribution in [0.4, 0.5) is 13.2 Å². The minimum atomic E-state index is -2.27. The van der Waals surface area contributed by atoms with Gasteiger partial charge in [-0.1, -0.05) is 19.1 Å². The van der Waals surface area contributed by atoms with Crippen molar-refractivity contribution < 1.29 is 13.2 Å². The molecule has 1 aromatic carbocycles. The Morgan fingerprint density at radius 3 is 2.80 bits per heavy atom. The van der Waals surface area contributed by atoms with Crippen LogP contribution in [0.3, 0.4) is 0 Å². The number of fused-ring (bicyclic) bond motifs is 1. The Morgan fingerprint density at radius 1 is 1.35 bits per heavy atom. The summed E-state index contributed by atoms with van der Waals surface area (Å²) in [7, 11) is 0. The zero-order valence-electron chi connectivity index (χ0n) is 11.7. The van der Waals surface area contributed by atoms with Gasteiger partial charge in [0, 0.05) is 24.0 Å². The zero-order valence-corrected chi connectivity index (χ0v) is 11.7. The molecule has 3 rings (SSSR count). The van der Waals surface area contributed by atoms with E-state index >= 15 is 0 Å². The lowest BCUT2D eigenvalue weighted by atomic mass is 9.82. The van der Waals surface area contributed by atoms with E-state index in [1.807, 2.05) is 13.0 Å². The smallest absolute Gasteiger partial charge is 0.245 e. The lowest BCUT2D eigenvalue weighted by Crippen LogP contribution is -2.34. The monoisotopic (exact) mass is 283 g/mol. The molecule has 0 N–H and O–H groups in total. The molecule has 0 unspecified atom stereocenters. The van der Waals surface area contributed by atoms with Crippen LogP contribution in [-0.2, 0) is 0 Å². The number of hydrogen-bond donors (Lipinski definition) is 0. The molecule has 2 fully saturated rings. The summed E-state index contributed by atoms with van der Waals surface area (Å²) in [5, 5.41) is 0. The molecule has 20 heavy (non-hydrogen) atoms. The summed E-state index contributed by atoms with van der Waals surface area (Å²) in [6.07, 6.45) is 0.694. The van der Waals surface area contributed by atoms with Crippen molar-refractivity contribution >= 4 is 0 Å². The highest BCUT2D eigenvalue weighted by Crippen LogP contribution is 2.51. The van der Waals surface area contributed by atoms with Crippen LogP contribution in [0, 0.1) is 11.2 Å². The highest BCUT2D eigenvalue weighted by atomic mass is 19.3. The fourth-order valence-electron chi connectivity index (χ4n) is 3.93. The minimum Gasteiger partial charge on any atom is -0.293 e. The predicted octanol–water partition coefficient (Wildman–Crippen LogP) is 4.40. The molecule has 3 atom stereocenters. The fourth-order valence-corrected chi connectivity index (χ4v) is 3.93. The normalized spacial score (nSPS) is 33.9. The standard InChI is InChI=1S/C16H20F3N/c1-2-16(15(18)19)9-13-6-7-14(20(13)10-16)11-4-3-5-12(17)8-11/h3-5,8,13-15H,2,6-7,9-10H2,1H3/t13-,14-,16-/m0/s1. The first-order chi connectivity index (χ1) is 9.55. The quantitative estimate of drug-likeness (QED) is 0.795.